The molecule has 20 heavy (non-hydrogen) atoms. The van der Waals surface area contributed by atoms with Crippen molar-refractivity contribution in [2.45, 2.75) is 18.6 Å². The maximum absolute atomic E-state index is 12.0. The fourth-order valence-corrected chi connectivity index (χ4v) is 3.75. The van der Waals surface area contributed by atoms with Crippen LogP contribution in [0.4, 0.5) is 0 Å². The van der Waals surface area contributed by atoms with Crippen LogP contribution < -0.4 is 10.0 Å². The zero-order chi connectivity index (χ0) is 14.6. The van der Waals surface area contributed by atoms with Crippen LogP contribution in [-0.2, 0) is 15.8 Å². The molecular formula is C13H18Cl2N2O2S. The summed E-state index contributed by atoms with van der Waals surface area (Å²) >= 11 is 11.7. The van der Waals surface area contributed by atoms with Crippen LogP contribution in [0.15, 0.2) is 18.2 Å². The number of benzene rings is 1. The molecule has 1 heterocycles. The molecule has 0 saturated carbocycles. The Balaban J connectivity index is 1.84. The molecule has 7 heteroatoms. The molecule has 1 aliphatic heterocycles. The first-order chi connectivity index (χ1) is 9.46. The van der Waals surface area contributed by atoms with Crippen molar-refractivity contribution in [3.05, 3.63) is 33.8 Å². The van der Waals surface area contributed by atoms with E-state index in [0.717, 1.165) is 25.9 Å². The van der Waals surface area contributed by atoms with Gasteiger partial charge in [0.25, 0.3) is 0 Å². The summed E-state index contributed by atoms with van der Waals surface area (Å²) in [6.45, 7) is 2.49. The van der Waals surface area contributed by atoms with Gasteiger partial charge in [0.05, 0.1) is 15.8 Å². The number of rotatable bonds is 6. The Morgan fingerprint density at radius 3 is 2.75 bits per heavy atom. The molecule has 2 rings (SSSR count). The van der Waals surface area contributed by atoms with E-state index in [4.69, 9.17) is 23.2 Å². The maximum Gasteiger partial charge on any atom is 0.215 e. The minimum atomic E-state index is -3.33. The Morgan fingerprint density at radius 2 is 2.10 bits per heavy atom. The van der Waals surface area contributed by atoms with E-state index in [0.29, 0.717) is 28.1 Å². The molecule has 0 aromatic heterocycles. The van der Waals surface area contributed by atoms with Crippen molar-refractivity contribution in [3.8, 4) is 0 Å². The fourth-order valence-electron chi connectivity index (χ4n) is 2.28. The second-order valence-corrected chi connectivity index (χ2v) is 7.67. The van der Waals surface area contributed by atoms with Crippen LogP contribution >= 0.6 is 23.2 Å². The summed E-state index contributed by atoms with van der Waals surface area (Å²) in [6.07, 6.45) is 1.99. The van der Waals surface area contributed by atoms with Gasteiger partial charge in [0.1, 0.15) is 0 Å². The highest BCUT2D eigenvalue weighted by atomic mass is 35.5. The molecule has 1 aromatic carbocycles. The average Bonchev–Trinajstić information content (AvgIpc) is 2.86. The van der Waals surface area contributed by atoms with Crippen molar-refractivity contribution in [1.82, 2.24) is 10.0 Å². The summed E-state index contributed by atoms with van der Waals surface area (Å²) in [5, 5.41) is 4.06. The lowest BCUT2D eigenvalue weighted by atomic mass is 10.1. The van der Waals surface area contributed by atoms with E-state index in [1.807, 2.05) is 0 Å². The molecule has 1 aromatic rings. The maximum atomic E-state index is 12.0. The van der Waals surface area contributed by atoms with Gasteiger partial charge in [-0.3, -0.25) is 0 Å². The number of hydrogen-bond acceptors (Lipinski definition) is 3. The predicted molar refractivity (Wildman–Crippen MR) is 82.7 cm³/mol. The monoisotopic (exact) mass is 336 g/mol. The third-order valence-electron chi connectivity index (χ3n) is 3.38. The number of sulfonamides is 1. The molecule has 0 spiro atoms. The van der Waals surface area contributed by atoms with Gasteiger partial charge in [-0.2, -0.15) is 0 Å². The Hall–Kier alpha value is -0.330. The summed E-state index contributed by atoms with van der Waals surface area (Å²) in [5.74, 6) is 0.495. The van der Waals surface area contributed by atoms with Gasteiger partial charge in [0.2, 0.25) is 10.0 Å². The molecule has 1 unspecified atom stereocenters. The van der Waals surface area contributed by atoms with Crippen LogP contribution in [0.5, 0.6) is 0 Å². The first-order valence-electron chi connectivity index (χ1n) is 6.58. The normalized spacial score (nSPS) is 19.4. The Kier molecular flexibility index (Phi) is 5.69. The van der Waals surface area contributed by atoms with Gasteiger partial charge in [0.15, 0.2) is 0 Å². The van der Waals surface area contributed by atoms with Crippen molar-refractivity contribution < 1.29 is 8.42 Å². The highest BCUT2D eigenvalue weighted by Crippen LogP contribution is 2.23. The zero-order valence-corrected chi connectivity index (χ0v) is 13.4. The van der Waals surface area contributed by atoms with Gasteiger partial charge in [0, 0.05) is 6.54 Å². The van der Waals surface area contributed by atoms with Crippen LogP contribution in [0.1, 0.15) is 18.4 Å². The van der Waals surface area contributed by atoms with Gasteiger partial charge in [-0.15, -0.1) is 0 Å². The van der Waals surface area contributed by atoms with Gasteiger partial charge < -0.3 is 5.32 Å². The second kappa shape index (κ2) is 7.09. The summed E-state index contributed by atoms with van der Waals surface area (Å²) in [6, 6.07) is 4.87. The second-order valence-electron chi connectivity index (χ2n) is 5.05. The predicted octanol–water partition coefficient (Wildman–Crippen LogP) is 2.41. The standard InChI is InChI=1S/C13H18Cl2N2O2S/c14-12-2-1-11(7-13(12)15)9-20(18,19)17-6-4-10-3-5-16-8-10/h1-2,7,10,16-17H,3-6,8-9H2. The van der Waals surface area contributed by atoms with Crippen molar-refractivity contribution >= 4 is 33.2 Å². The topological polar surface area (TPSA) is 58.2 Å². The highest BCUT2D eigenvalue weighted by molar-refractivity contribution is 7.88. The molecule has 112 valence electrons. The number of nitrogens with one attached hydrogen (secondary N) is 2. The first-order valence-corrected chi connectivity index (χ1v) is 8.99. The van der Waals surface area contributed by atoms with E-state index < -0.39 is 10.0 Å². The largest absolute Gasteiger partial charge is 0.316 e. The lowest BCUT2D eigenvalue weighted by Gasteiger charge is -2.10. The van der Waals surface area contributed by atoms with Crippen LogP contribution in [-0.4, -0.2) is 28.1 Å². The SMILES string of the molecule is O=S(=O)(Cc1ccc(Cl)c(Cl)c1)NCCC1CCNC1. The third kappa shape index (κ3) is 4.90. The summed E-state index contributed by atoms with van der Waals surface area (Å²) < 4.78 is 26.6. The number of hydrogen-bond donors (Lipinski definition) is 2. The third-order valence-corrected chi connectivity index (χ3v) is 5.47. The Labute approximate surface area is 129 Å². The lowest BCUT2D eigenvalue weighted by Crippen LogP contribution is -2.27. The van der Waals surface area contributed by atoms with Crippen molar-refractivity contribution in [3.63, 3.8) is 0 Å². The molecule has 2 N–H and O–H groups in total. The minimum absolute atomic E-state index is 0.0766. The van der Waals surface area contributed by atoms with Crippen LogP contribution in [0.25, 0.3) is 0 Å². The van der Waals surface area contributed by atoms with Gasteiger partial charge in [-0.05, 0) is 49.5 Å². The first kappa shape index (κ1) is 16.0. The molecule has 1 saturated heterocycles. The summed E-state index contributed by atoms with van der Waals surface area (Å²) in [7, 11) is -3.33. The van der Waals surface area contributed by atoms with E-state index in [1.165, 1.54) is 0 Å². The summed E-state index contributed by atoms with van der Waals surface area (Å²) in [4.78, 5) is 0. The van der Waals surface area contributed by atoms with Gasteiger partial charge in [-0.25, -0.2) is 13.1 Å². The smallest absolute Gasteiger partial charge is 0.215 e. The van der Waals surface area contributed by atoms with Crippen LogP contribution in [0.3, 0.4) is 0 Å². The molecule has 1 atom stereocenters. The van der Waals surface area contributed by atoms with Gasteiger partial charge >= 0.3 is 0 Å². The molecule has 1 aliphatic rings. The quantitative estimate of drug-likeness (QED) is 0.838. The van der Waals surface area contributed by atoms with E-state index in [1.54, 1.807) is 18.2 Å². The minimum Gasteiger partial charge on any atom is -0.316 e. The Bertz CT molecular complexity index is 557. The van der Waals surface area contributed by atoms with E-state index in [9.17, 15) is 8.42 Å². The zero-order valence-electron chi connectivity index (χ0n) is 11.0. The van der Waals surface area contributed by atoms with Crippen LogP contribution in [0, 0.1) is 5.92 Å². The molecule has 4 nitrogen and oxygen atoms in total. The van der Waals surface area contributed by atoms with Crippen LogP contribution in [0.2, 0.25) is 10.0 Å². The van der Waals surface area contributed by atoms with E-state index >= 15 is 0 Å². The fraction of sp³-hybridized carbons (Fsp3) is 0.538. The Morgan fingerprint density at radius 1 is 1.30 bits per heavy atom. The molecular weight excluding hydrogens is 319 g/mol. The molecule has 0 radical (unpaired) electrons. The molecule has 0 aliphatic carbocycles. The van der Waals surface area contributed by atoms with Crippen molar-refractivity contribution in [1.29, 1.82) is 0 Å². The molecule has 0 bridgehead atoms. The van der Waals surface area contributed by atoms with Crippen molar-refractivity contribution in [2.75, 3.05) is 19.6 Å². The lowest BCUT2D eigenvalue weighted by molar-refractivity contribution is 0.519. The molecule has 1 fully saturated rings. The number of halogens is 2. The van der Waals surface area contributed by atoms with E-state index in [2.05, 4.69) is 10.0 Å². The average molecular weight is 337 g/mol. The van der Waals surface area contributed by atoms with Gasteiger partial charge in [-0.1, -0.05) is 29.3 Å². The van der Waals surface area contributed by atoms with E-state index in [-0.39, 0.29) is 5.75 Å². The highest BCUT2D eigenvalue weighted by Gasteiger charge is 2.16. The van der Waals surface area contributed by atoms with Crippen molar-refractivity contribution in [2.24, 2.45) is 5.92 Å². The molecule has 0 amide bonds. The summed E-state index contributed by atoms with van der Waals surface area (Å²) in [5.41, 5.74) is 0.634.